The Labute approximate surface area is 213 Å². The highest BCUT2D eigenvalue weighted by molar-refractivity contribution is 6.30. The molecule has 1 aliphatic rings. The van der Waals surface area contributed by atoms with Crippen molar-refractivity contribution in [1.82, 2.24) is 14.3 Å². The van der Waals surface area contributed by atoms with Crippen LogP contribution in [0.2, 0.25) is 5.02 Å². The molecule has 1 N–H and O–H groups in total. The van der Waals surface area contributed by atoms with Gasteiger partial charge >= 0.3 is 12.3 Å². The number of fused-ring (bicyclic) bond motifs is 1. The molecular weight excluding hydrogens is 517 g/mol. The number of carbonyl (C=O) groups is 1. The molecule has 1 aliphatic carbocycles. The lowest BCUT2D eigenvalue weighted by Crippen LogP contribution is -2.28. The number of alkyl halides is 3. The molecule has 0 radical (unpaired) electrons. The van der Waals surface area contributed by atoms with E-state index in [2.05, 4.69) is 19.9 Å². The molecule has 1 aromatic carbocycles. The molecule has 0 unspecified atom stereocenters. The molecule has 4 rings (SSSR count). The lowest BCUT2D eigenvalue weighted by Gasteiger charge is -2.15. The number of methoxy groups -OCH3 is 1. The molecule has 0 saturated heterocycles. The molecule has 2 heterocycles. The van der Waals surface area contributed by atoms with Crippen molar-refractivity contribution in [2.75, 3.05) is 12.4 Å². The highest BCUT2D eigenvalue weighted by Gasteiger charge is 2.31. The van der Waals surface area contributed by atoms with E-state index < -0.39 is 29.2 Å². The molecule has 2 aromatic heterocycles. The van der Waals surface area contributed by atoms with E-state index in [-0.39, 0.29) is 35.2 Å². The SMILES string of the molecule is COC(=O)CCCn1cc(Cl)cc(Nc2nn(-c3ccc(OC(F)(F)F)cc3)c(=O)c3c2CCC3)c1=O. The number of hydrogen-bond acceptors (Lipinski definition) is 7. The first-order chi connectivity index (χ1) is 17.6. The average Bonchev–Trinajstić information content (AvgIpc) is 3.34. The molecule has 9 nitrogen and oxygen atoms in total. The number of halogens is 4. The number of esters is 1. The van der Waals surface area contributed by atoms with Crippen LogP contribution in [-0.4, -0.2) is 33.8 Å². The highest BCUT2D eigenvalue weighted by atomic mass is 35.5. The first-order valence-corrected chi connectivity index (χ1v) is 11.7. The topological polar surface area (TPSA) is 104 Å². The summed E-state index contributed by atoms with van der Waals surface area (Å²) < 4.78 is 48.4. The van der Waals surface area contributed by atoms with Crippen LogP contribution < -0.4 is 21.2 Å². The Morgan fingerprint density at radius 2 is 1.84 bits per heavy atom. The van der Waals surface area contributed by atoms with Crippen LogP contribution >= 0.6 is 11.6 Å². The number of carbonyl (C=O) groups excluding carboxylic acids is 1. The quantitative estimate of drug-likeness (QED) is 0.430. The number of pyridine rings is 1. The second kappa shape index (κ2) is 10.7. The molecule has 0 amide bonds. The van der Waals surface area contributed by atoms with E-state index in [1.165, 1.54) is 36.1 Å². The molecule has 0 fully saturated rings. The fourth-order valence-corrected chi connectivity index (χ4v) is 4.34. The first-order valence-electron chi connectivity index (χ1n) is 11.3. The smallest absolute Gasteiger partial charge is 0.469 e. The minimum atomic E-state index is -4.84. The predicted octanol–water partition coefficient (Wildman–Crippen LogP) is 4.13. The van der Waals surface area contributed by atoms with E-state index in [0.717, 1.165) is 16.8 Å². The Balaban J connectivity index is 1.68. The summed E-state index contributed by atoms with van der Waals surface area (Å²) in [7, 11) is 1.28. The van der Waals surface area contributed by atoms with Gasteiger partial charge in [-0.2, -0.15) is 4.68 Å². The summed E-state index contributed by atoms with van der Waals surface area (Å²) in [6.07, 6.45) is -1.14. The number of hydrogen-bond donors (Lipinski definition) is 1. The van der Waals surface area contributed by atoms with Crippen molar-refractivity contribution in [3.63, 3.8) is 0 Å². The Hall–Kier alpha value is -3.80. The van der Waals surface area contributed by atoms with E-state index >= 15 is 0 Å². The van der Waals surface area contributed by atoms with Gasteiger partial charge in [0.05, 0.1) is 17.8 Å². The van der Waals surface area contributed by atoms with E-state index in [1.54, 1.807) is 0 Å². The van der Waals surface area contributed by atoms with Crippen molar-refractivity contribution in [2.24, 2.45) is 0 Å². The van der Waals surface area contributed by atoms with Crippen LogP contribution in [0, 0.1) is 0 Å². The third kappa shape index (κ3) is 6.13. The zero-order chi connectivity index (χ0) is 26.7. The van der Waals surface area contributed by atoms with Gasteiger partial charge in [0, 0.05) is 30.3 Å². The van der Waals surface area contributed by atoms with Crippen LogP contribution in [-0.2, 0) is 28.9 Å². The molecule has 0 bridgehead atoms. The molecule has 0 atom stereocenters. The van der Waals surface area contributed by atoms with Crippen molar-refractivity contribution >= 4 is 29.1 Å². The van der Waals surface area contributed by atoms with Gasteiger partial charge in [0.15, 0.2) is 5.82 Å². The normalized spacial score (nSPS) is 12.8. The number of rotatable bonds is 8. The predicted molar refractivity (Wildman–Crippen MR) is 129 cm³/mol. The Bertz CT molecular complexity index is 1430. The molecule has 3 aromatic rings. The third-order valence-corrected chi connectivity index (χ3v) is 5.99. The minimum Gasteiger partial charge on any atom is -0.469 e. The molecular formula is C24H22ClF3N4O5. The van der Waals surface area contributed by atoms with Gasteiger partial charge < -0.3 is 19.4 Å². The van der Waals surface area contributed by atoms with Crippen LogP contribution in [0.1, 0.15) is 30.4 Å². The van der Waals surface area contributed by atoms with Crippen molar-refractivity contribution in [3.8, 4) is 11.4 Å². The number of ether oxygens (including phenoxy) is 2. The monoisotopic (exact) mass is 538 g/mol. The van der Waals surface area contributed by atoms with Crippen LogP contribution in [0.4, 0.5) is 24.7 Å². The standard InChI is InChI=1S/C24H22ClF3N4O5/c1-36-20(33)6-3-11-31-13-14(25)12-19(23(31)35)29-21-17-4-2-5-18(17)22(34)32(30-21)15-7-9-16(10-8-15)37-24(26,27)28/h7-10,12-13H,2-6,11H2,1H3,(H,29,30). The van der Waals surface area contributed by atoms with E-state index in [0.29, 0.717) is 36.8 Å². The zero-order valence-corrected chi connectivity index (χ0v) is 20.4. The summed E-state index contributed by atoms with van der Waals surface area (Å²) in [4.78, 5) is 37.5. The lowest BCUT2D eigenvalue weighted by atomic mass is 10.2. The van der Waals surface area contributed by atoms with E-state index in [4.69, 9.17) is 11.6 Å². The summed E-state index contributed by atoms with van der Waals surface area (Å²) in [5.41, 5.74) is 0.710. The zero-order valence-electron chi connectivity index (χ0n) is 19.6. The van der Waals surface area contributed by atoms with Gasteiger partial charge in [-0.25, -0.2) is 0 Å². The average molecular weight is 539 g/mol. The fraction of sp³-hybridized carbons (Fsp3) is 0.333. The van der Waals surface area contributed by atoms with E-state index in [9.17, 15) is 27.6 Å². The third-order valence-electron chi connectivity index (χ3n) is 5.78. The van der Waals surface area contributed by atoms with Crippen molar-refractivity contribution in [2.45, 2.75) is 45.0 Å². The molecule has 196 valence electrons. The molecule has 0 spiro atoms. The maximum Gasteiger partial charge on any atom is 0.573 e. The number of benzene rings is 1. The largest absolute Gasteiger partial charge is 0.573 e. The summed E-state index contributed by atoms with van der Waals surface area (Å²) in [5, 5.41) is 7.65. The molecule has 0 saturated carbocycles. The first kappa shape index (κ1) is 26.3. The van der Waals surface area contributed by atoms with Gasteiger partial charge in [-0.15, -0.1) is 18.3 Å². The van der Waals surface area contributed by atoms with Crippen LogP contribution in [0.5, 0.6) is 5.75 Å². The fourth-order valence-electron chi connectivity index (χ4n) is 4.12. The maximum absolute atomic E-state index is 13.1. The lowest BCUT2D eigenvalue weighted by molar-refractivity contribution is -0.274. The van der Waals surface area contributed by atoms with Gasteiger partial charge in [-0.3, -0.25) is 14.4 Å². The van der Waals surface area contributed by atoms with Gasteiger partial charge in [0.25, 0.3) is 11.1 Å². The molecule has 0 aliphatic heterocycles. The second-order valence-corrected chi connectivity index (χ2v) is 8.73. The number of nitrogens with zero attached hydrogens (tertiary/aromatic N) is 3. The van der Waals surface area contributed by atoms with E-state index in [1.807, 2.05) is 0 Å². The Kier molecular flexibility index (Phi) is 7.58. The molecule has 37 heavy (non-hydrogen) atoms. The Morgan fingerprint density at radius 1 is 1.14 bits per heavy atom. The van der Waals surface area contributed by atoms with Crippen molar-refractivity contribution < 1.29 is 27.4 Å². The van der Waals surface area contributed by atoms with Crippen molar-refractivity contribution in [3.05, 3.63) is 73.4 Å². The summed E-state index contributed by atoms with van der Waals surface area (Å²) in [6.45, 7) is 0.223. The van der Waals surface area contributed by atoms with Crippen LogP contribution in [0.3, 0.4) is 0 Å². The number of anilines is 2. The van der Waals surface area contributed by atoms with Gasteiger partial charge in [0.1, 0.15) is 11.4 Å². The summed E-state index contributed by atoms with van der Waals surface area (Å²) >= 11 is 6.23. The number of nitrogens with one attached hydrogen (secondary N) is 1. The van der Waals surface area contributed by atoms with Gasteiger partial charge in [0.2, 0.25) is 0 Å². The number of aryl methyl sites for hydroxylation is 1. The van der Waals surface area contributed by atoms with Crippen LogP contribution in [0.25, 0.3) is 5.69 Å². The highest BCUT2D eigenvalue weighted by Crippen LogP contribution is 2.28. The summed E-state index contributed by atoms with van der Waals surface area (Å²) in [6, 6.07) is 6.17. The van der Waals surface area contributed by atoms with Gasteiger partial charge in [-0.05, 0) is 56.0 Å². The molecule has 13 heteroatoms. The number of aromatic nitrogens is 3. The second-order valence-electron chi connectivity index (χ2n) is 8.29. The van der Waals surface area contributed by atoms with Gasteiger partial charge in [-0.1, -0.05) is 11.6 Å². The van der Waals surface area contributed by atoms with Crippen molar-refractivity contribution in [1.29, 1.82) is 0 Å². The van der Waals surface area contributed by atoms with Crippen LogP contribution in [0.15, 0.2) is 46.1 Å². The minimum absolute atomic E-state index is 0.117. The Morgan fingerprint density at radius 3 is 2.51 bits per heavy atom. The summed E-state index contributed by atoms with van der Waals surface area (Å²) in [5.74, 6) is -0.563. The maximum atomic E-state index is 13.1.